The molecule has 1 atom stereocenters. The Bertz CT molecular complexity index is 302. The molecule has 0 aromatic heterocycles. The first-order valence-electron chi connectivity index (χ1n) is 6.87. The van der Waals surface area contributed by atoms with Crippen LogP contribution in [0.5, 0.6) is 0 Å². The van der Waals surface area contributed by atoms with Crippen molar-refractivity contribution in [2.24, 2.45) is 5.92 Å². The molecule has 17 heavy (non-hydrogen) atoms. The average molecular weight is 236 g/mol. The minimum Gasteiger partial charge on any atom is -0.300 e. The molecule has 0 spiro atoms. The van der Waals surface area contributed by atoms with Gasteiger partial charge in [0.15, 0.2) is 5.78 Å². The van der Waals surface area contributed by atoms with Gasteiger partial charge in [-0.1, -0.05) is 32.3 Å². The molecule has 1 unspecified atom stereocenters. The molecule has 0 N–H and O–H groups in total. The van der Waals surface area contributed by atoms with Crippen molar-refractivity contribution in [2.75, 3.05) is 0 Å². The van der Waals surface area contributed by atoms with Crippen molar-refractivity contribution >= 4 is 11.6 Å². The molecule has 2 nitrogen and oxygen atoms in total. The van der Waals surface area contributed by atoms with Gasteiger partial charge in [-0.3, -0.25) is 9.59 Å². The SMILES string of the molecule is CCCCCCC(=O)C1=CCC(C(C)=O)CC1. The maximum Gasteiger partial charge on any atom is 0.158 e. The molecule has 0 aromatic carbocycles. The first kappa shape index (κ1) is 14.1. The molecule has 0 aliphatic heterocycles. The molecule has 1 aliphatic rings. The van der Waals surface area contributed by atoms with Gasteiger partial charge in [-0.25, -0.2) is 0 Å². The fourth-order valence-electron chi connectivity index (χ4n) is 2.33. The average Bonchev–Trinajstić information content (AvgIpc) is 2.34. The van der Waals surface area contributed by atoms with Gasteiger partial charge in [0.1, 0.15) is 5.78 Å². The minimum atomic E-state index is 0.159. The Balaban J connectivity index is 2.31. The lowest BCUT2D eigenvalue weighted by molar-refractivity contribution is -0.121. The molecule has 0 saturated carbocycles. The van der Waals surface area contributed by atoms with Crippen molar-refractivity contribution in [1.82, 2.24) is 0 Å². The molecule has 1 rings (SSSR count). The van der Waals surface area contributed by atoms with E-state index in [1.54, 1.807) is 6.92 Å². The van der Waals surface area contributed by atoms with Crippen LogP contribution in [0.3, 0.4) is 0 Å². The van der Waals surface area contributed by atoms with Crippen LogP contribution in [0.1, 0.15) is 65.2 Å². The van der Waals surface area contributed by atoms with E-state index in [1.165, 1.54) is 12.8 Å². The number of carbonyl (C=O) groups excluding carboxylic acids is 2. The molecule has 0 aromatic rings. The second kappa shape index (κ2) is 7.41. The molecule has 0 fully saturated rings. The second-order valence-electron chi connectivity index (χ2n) is 5.05. The summed E-state index contributed by atoms with van der Waals surface area (Å²) < 4.78 is 0. The molecular weight excluding hydrogens is 212 g/mol. The standard InChI is InChI=1S/C15H24O2/c1-3-4-5-6-7-15(17)14-10-8-13(9-11-14)12(2)16/h10,13H,3-9,11H2,1-2H3. The third kappa shape index (κ3) is 4.84. The van der Waals surface area contributed by atoms with Crippen LogP contribution in [0.15, 0.2) is 11.6 Å². The van der Waals surface area contributed by atoms with Crippen LogP contribution < -0.4 is 0 Å². The smallest absolute Gasteiger partial charge is 0.158 e. The van der Waals surface area contributed by atoms with Crippen LogP contribution in [0.25, 0.3) is 0 Å². The predicted molar refractivity (Wildman–Crippen MR) is 69.9 cm³/mol. The summed E-state index contributed by atoms with van der Waals surface area (Å²) in [4.78, 5) is 23.1. The van der Waals surface area contributed by atoms with E-state index in [1.807, 2.05) is 6.08 Å². The van der Waals surface area contributed by atoms with Crippen LogP contribution in [0.2, 0.25) is 0 Å². The van der Waals surface area contributed by atoms with Gasteiger partial charge in [0.2, 0.25) is 0 Å². The van der Waals surface area contributed by atoms with Gasteiger partial charge in [-0.05, 0) is 38.2 Å². The number of hydrogen-bond donors (Lipinski definition) is 0. The maximum atomic E-state index is 11.9. The van der Waals surface area contributed by atoms with E-state index in [0.717, 1.165) is 37.7 Å². The Morgan fingerprint density at radius 2 is 2.06 bits per heavy atom. The highest BCUT2D eigenvalue weighted by atomic mass is 16.1. The third-order valence-corrected chi connectivity index (χ3v) is 3.60. The first-order chi connectivity index (χ1) is 8.15. The summed E-state index contributed by atoms with van der Waals surface area (Å²) in [5.74, 6) is 0.727. The van der Waals surface area contributed by atoms with Gasteiger partial charge < -0.3 is 0 Å². The highest BCUT2D eigenvalue weighted by molar-refractivity contribution is 5.95. The van der Waals surface area contributed by atoms with Crippen molar-refractivity contribution in [3.8, 4) is 0 Å². The summed E-state index contributed by atoms with van der Waals surface area (Å²) in [5, 5.41) is 0. The summed E-state index contributed by atoms with van der Waals surface area (Å²) in [6.45, 7) is 3.82. The Labute approximate surface area is 104 Å². The predicted octanol–water partition coefficient (Wildman–Crippen LogP) is 3.84. The third-order valence-electron chi connectivity index (χ3n) is 3.60. The quantitative estimate of drug-likeness (QED) is 0.629. The number of hydrogen-bond acceptors (Lipinski definition) is 2. The number of Topliss-reactive ketones (excluding diaryl/α,β-unsaturated/α-hetero) is 2. The number of ketones is 2. The van der Waals surface area contributed by atoms with Gasteiger partial charge >= 0.3 is 0 Å². The van der Waals surface area contributed by atoms with E-state index >= 15 is 0 Å². The zero-order valence-corrected chi connectivity index (χ0v) is 11.1. The summed E-state index contributed by atoms with van der Waals surface area (Å²) >= 11 is 0. The zero-order valence-electron chi connectivity index (χ0n) is 11.1. The topological polar surface area (TPSA) is 34.1 Å². The Hall–Kier alpha value is -0.920. The number of rotatable bonds is 7. The Kier molecular flexibility index (Phi) is 6.17. The molecule has 0 bridgehead atoms. The fraction of sp³-hybridized carbons (Fsp3) is 0.733. The van der Waals surface area contributed by atoms with Crippen molar-refractivity contribution in [3.63, 3.8) is 0 Å². The number of unbranched alkanes of at least 4 members (excludes halogenated alkanes) is 3. The minimum absolute atomic E-state index is 0.159. The molecule has 2 heteroatoms. The zero-order chi connectivity index (χ0) is 12.7. The van der Waals surface area contributed by atoms with Crippen LogP contribution in [0.4, 0.5) is 0 Å². The molecular formula is C15H24O2. The summed E-state index contributed by atoms with van der Waals surface area (Å²) in [6, 6.07) is 0. The second-order valence-corrected chi connectivity index (χ2v) is 5.05. The van der Waals surface area contributed by atoms with Crippen molar-refractivity contribution in [1.29, 1.82) is 0 Å². The summed E-state index contributed by atoms with van der Waals surface area (Å²) in [7, 11) is 0. The Morgan fingerprint density at radius 1 is 1.29 bits per heavy atom. The molecule has 0 radical (unpaired) electrons. The first-order valence-corrected chi connectivity index (χ1v) is 6.87. The van der Waals surface area contributed by atoms with Gasteiger partial charge in [0.05, 0.1) is 0 Å². The van der Waals surface area contributed by atoms with Crippen LogP contribution >= 0.6 is 0 Å². The Morgan fingerprint density at radius 3 is 2.59 bits per heavy atom. The van der Waals surface area contributed by atoms with Gasteiger partial charge in [-0.2, -0.15) is 0 Å². The van der Waals surface area contributed by atoms with E-state index in [4.69, 9.17) is 0 Å². The molecule has 0 heterocycles. The number of allylic oxidation sites excluding steroid dienone is 2. The maximum absolute atomic E-state index is 11.9. The summed E-state index contributed by atoms with van der Waals surface area (Å²) in [5.41, 5.74) is 0.971. The van der Waals surface area contributed by atoms with E-state index in [2.05, 4.69) is 6.92 Å². The summed E-state index contributed by atoms with van der Waals surface area (Å²) in [6.07, 6.45) is 9.72. The van der Waals surface area contributed by atoms with Crippen molar-refractivity contribution < 1.29 is 9.59 Å². The normalized spacial score (nSPS) is 19.9. The van der Waals surface area contributed by atoms with Gasteiger partial charge in [0.25, 0.3) is 0 Å². The lowest BCUT2D eigenvalue weighted by Crippen LogP contribution is -2.16. The van der Waals surface area contributed by atoms with E-state index in [9.17, 15) is 9.59 Å². The van der Waals surface area contributed by atoms with E-state index in [0.29, 0.717) is 12.2 Å². The molecule has 0 saturated heterocycles. The largest absolute Gasteiger partial charge is 0.300 e. The fourth-order valence-corrected chi connectivity index (χ4v) is 2.33. The van der Waals surface area contributed by atoms with Gasteiger partial charge in [0, 0.05) is 12.3 Å². The highest BCUT2D eigenvalue weighted by Gasteiger charge is 2.20. The molecule has 96 valence electrons. The van der Waals surface area contributed by atoms with Crippen molar-refractivity contribution in [3.05, 3.63) is 11.6 Å². The van der Waals surface area contributed by atoms with Crippen LogP contribution in [-0.4, -0.2) is 11.6 Å². The van der Waals surface area contributed by atoms with Crippen molar-refractivity contribution in [2.45, 2.75) is 65.2 Å². The van der Waals surface area contributed by atoms with E-state index in [-0.39, 0.29) is 11.7 Å². The van der Waals surface area contributed by atoms with Gasteiger partial charge in [-0.15, -0.1) is 0 Å². The molecule has 1 aliphatic carbocycles. The van der Waals surface area contributed by atoms with Crippen LogP contribution in [0, 0.1) is 5.92 Å². The number of carbonyl (C=O) groups is 2. The highest BCUT2D eigenvalue weighted by Crippen LogP contribution is 2.25. The lowest BCUT2D eigenvalue weighted by atomic mass is 9.85. The lowest BCUT2D eigenvalue weighted by Gasteiger charge is -2.18. The monoisotopic (exact) mass is 236 g/mol. The molecule has 0 amide bonds. The van der Waals surface area contributed by atoms with E-state index < -0.39 is 0 Å². The van der Waals surface area contributed by atoms with Crippen LogP contribution in [-0.2, 0) is 9.59 Å².